The third-order valence-electron chi connectivity index (χ3n) is 6.63. The molecule has 0 unspecified atom stereocenters. The van der Waals surface area contributed by atoms with Gasteiger partial charge in [0, 0.05) is 26.2 Å². The molecule has 32 heavy (non-hydrogen) atoms. The molecule has 2 heterocycles. The van der Waals surface area contributed by atoms with E-state index in [0.29, 0.717) is 31.7 Å². The molecule has 172 valence electrons. The van der Waals surface area contributed by atoms with Crippen LogP contribution < -0.4 is 5.32 Å². The van der Waals surface area contributed by atoms with Crippen molar-refractivity contribution in [1.29, 1.82) is 0 Å². The zero-order valence-corrected chi connectivity index (χ0v) is 19.8. The van der Waals surface area contributed by atoms with Crippen molar-refractivity contribution in [2.24, 2.45) is 5.92 Å². The summed E-state index contributed by atoms with van der Waals surface area (Å²) in [5, 5.41) is 3.09. The number of piperazine rings is 1. The molecule has 0 bridgehead atoms. The number of halogens is 1. The lowest BCUT2D eigenvalue weighted by atomic mass is 9.80. The topological polar surface area (TPSA) is 52.7 Å². The quantitative estimate of drug-likeness (QED) is 0.715. The number of nitrogens with one attached hydrogen (secondary N) is 1. The minimum atomic E-state index is -0.756. The van der Waals surface area contributed by atoms with Crippen LogP contribution in [0.2, 0.25) is 0 Å². The SMILES string of the molecule is CC(C)C[C@H]1NC(=O)C2(CCN(Cc3ccccc3)CC2)N(Cc2ccccc2)C1=O.Cl. The van der Waals surface area contributed by atoms with Gasteiger partial charge in [0.05, 0.1) is 0 Å². The largest absolute Gasteiger partial charge is 0.342 e. The fraction of sp³-hybridized carbons (Fsp3) is 0.462. The molecule has 6 heteroatoms. The molecule has 2 aliphatic rings. The number of piperidine rings is 1. The lowest BCUT2D eigenvalue weighted by molar-refractivity contribution is -0.162. The molecule has 2 fully saturated rings. The Bertz CT molecular complexity index is 896. The third-order valence-corrected chi connectivity index (χ3v) is 6.63. The number of amides is 2. The number of hydrogen-bond donors (Lipinski definition) is 1. The molecule has 0 aliphatic carbocycles. The Balaban J connectivity index is 0.00000289. The molecule has 1 atom stereocenters. The van der Waals surface area contributed by atoms with Gasteiger partial charge in [-0.2, -0.15) is 0 Å². The Hall–Kier alpha value is -2.37. The highest BCUT2D eigenvalue weighted by Gasteiger charge is 2.53. The first-order valence-electron chi connectivity index (χ1n) is 11.4. The van der Waals surface area contributed by atoms with Gasteiger partial charge in [0.25, 0.3) is 0 Å². The monoisotopic (exact) mass is 455 g/mol. The number of rotatable bonds is 6. The lowest BCUT2D eigenvalue weighted by Gasteiger charge is -2.52. The van der Waals surface area contributed by atoms with E-state index < -0.39 is 11.6 Å². The summed E-state index contributed by atoms with van der Waals surface area (Å²) < 4.78 is 0. The molecule has 2 aromatic rings. The van der Waals surface area contributed by atoms with Crippen LogP contribution in [0.4, 0.5) is 0 Å². The molecular formula is C26H34ClN3O2. The van der Waals surface area contributed by atoms with Gasteiger partial charge in [0.2, 0.25) is 11.8 Å². The average Bonchev–Trinajstić information content (AvgIpc) is 2.77. The predicted octanol–water partition coefficient (Wildman–Crippen LogP) is 4.02. The highest BCUT2D eigenvalue weighted by atomic mass is 35.5. The maximum atomic E-state index is 13.6. The van der Waals surface area contributed by atoms with Crippen molar-refractivity contribution < 1.29 is 9.59 Å². The molecule has 2 aliphatic heterocycles. The van der Waals surface area contributed by atoms with E-state index in [4.69, 9.17) is 0 Å². The van der Waals surface area contributed by atoms with Gasteiger partial charge in [0.1, 0.15) is 11.6 Å². The second-order valence-corrected chi connectivity index (χ2v) is 9.36. The standard InChI is InChI=1S/C26H33N3O2.ClH/c1-20(2)17-23-24(30)29(19-22-11-7-4-8-12-22)26(25(31)27-23)13-15-28(16-14-26)18-21-9-5-3-6-10-21;/h3-12,20,23H,13-19H2,1-2H3,(H,27,31);1H/t23-;/m1./s1. The molecule has 5 nitrogen and oxygen atoms in total. The van der Waals surface area contributed by atoms with Crippen LogP contribution in [0, 0.1) is 5.92 Å². The van der Waals surface area contributed by atoms with Gasteiger partial charge in [-0.3, -0.25) is 14.5 Å². The molecule has 2 saturated heterocycles. The molecule has 2 aromatic carbocycles. The first kappa shape index (κ1) is 24.3. The lowest BCUT2D eigenvalue weighted by Crippen LogP contribution is -2.72. The number of carbonyl (C=O) groups is 2. The highest BCUT2D eigenvalue weighted by Crippen LogP contribution is 2.35. The maximum absolute atomic E-state index is 13.6. The van der Waals surface area contributed by atoms with Gasteiger partial charge in [-0.05, 0) is 36.3 Å². The summed E-state index contributed by atoms with van der Waals surface area (Å²) in [7, 11) is 0. The first-order chi connectivity index (χ1) is 15.0. The number of hydrogen-bond acceptors (Lipinski definition) is 3. The van der Waals surface area contributed by atoms with Crippen molar-refractivity contribution in [1.82, 2.24) is 15.1 Å². The molecule has 4 rings (SSSR count). The van der Waals surface area contributed by atoms with E-state index in [0.717, 1.165) is 25.2 Å². The minimum Gasteiger partial charge on any atom is -0.342 e. The summed E-state index contributed by atoms with van der Waals surface area (Å²) in [5.74, 6) is 0.427. The van der Waals surface area contributed by atoms with E-state index in [1.807, 2.05) is 41.3 Å². The summed E-state index contributed by atoms with van der Waals surface area (Å²) in [5.41, 5.74) is 1.59. The van der Waals surface area contributed by atoms with Crippen molar-refractivity contribution >= 4 is 24.2 Å². The van der Waals surface area contributed by atoms with E-state index in [-0.39, 0.29) is 24.2 Å². The summed E-state index contributed by atoms with van der Waals surface area (Å²) in [4.78, 5) is 31.3. The van der Waals surface area contributed by atoms with Crippen molar-refractivity contribution in [3.8, 4) is 0 Å². The smallest absolute Gasteiger partial charge is 0.246 e. The number of nitrogens with zero attached hydrogens (tertiary/aromatic N) is 2. The van der Waals surface area contributed by atoms with Crippen LogP contribution in [0.1, 0.15) is 44.2 Å². The number of benzene rings is 2. The molecule has 0 saturated carbocycles. The fourth-order valence-electron chi connectivity index (χ4n) is 4.92. The van der Waals surface area contributed by atoms with Crippen molar-refractivity contribution in [3.63, 3.8) is 0 Å². The molecule has 0 radical (unpaired) electrons. The number of carbonyl (C=O) groups excluding carboxylic acids is 2. The minimum absolute atomic E-state index is 0. The van der Waals surface area contributed by atoms with Gasteiger partial charge < -0.3 is 10.2 Å². The van der Waals surface area contributed by atoms with Crippen molar-refractivity contribution in [2.75, 3.05) is 13.1 Å². The van der Waals surface area contributed by atoms with Crippen LogP contribution in [0.25, 0.3) is 0 Å². The van der Waals surface area contributed by atoms with Gasteiger partial charge in [-0.25, -0.2) is 0 Å². The fourth-order valence-corrected chi connectivity index (χ4v) is 4.92. The van der Waals surface area contributed by atoms with E-state index in [9.17, 15) is 9.59 Å². The Morgan fingerprint density at radius 1 is 0.906 bits per heavy atom. The Labute approximate surface area is 197 Å². The zero-order chi connectivity index (χ0) is 21.8. The van der Waals surface area contributed by atoms with Gasteiger partial charge in [-0.1, -0.05) is 74.5 Å². The first-order valence-corrected chi connectivity index (χ1v) is 11.4. The molecule has 2 amide bonds. The Morgan fingerprint density at radius 2 is 1.44 bits per heavy atom. The van der Waals surface area contributed by atoms with Crippen molar-refractivity contribution in [2.45, 2.75) is 57.8 Å². The third kappa shape index (κ3) is 5.16. The summed E-state index contributed by atoms with van der Waals surface area (Å²) in [6.45, 7) is 7.15. The Kier molecular flexibility index (Phi) is 7.96. The summed E-state index contributed by atoms with van der Waals surface area (Å²) in [6.07, 6.45) is 2.00. The van der Waals surface area contributed by atoms with Crippen LogP contribution in [-0.2, 0) is 22.7 Å². The average molecular weight is 456 g/mol. The number of likely N-dealkylation sites (tertiary alicyclic amines) is 1. The van der Waals surface area contributed by atoms with E-state index >= 15 is 0 Å². The van der Waals surface area contributed by atoms with Gasteiger partial charge in [0.15, 0.2) is 0 Å². The summed E-state index contributed by atoms with van der Waals surface area (Å²) >= 11 is 0. The molecular weight excluding hydrogens is 422 g/mol. The summed E-state index contributed by atoms with van der Waals surface area (Å²) in [6, 6.07) is 20.0. The highest BCUT2D eigenvalue weighted by molar-refractivity contribution is 6.00. The van der Waals surface area contributed by atoms with Gasteiger partial charge in [-0.15, -0.1) is 12.4 Å². The maximum Gasteiger partial charge on any atom is 0.246 e. The van der Waals surface area contributed by atoms with Crippen LogP contribution in [0.3, 0.4) is 0 Å². The normalized spacial score (nSPS) is 20.8. The zero-order valence-electron chi connectivity index (χ0n) is 19.0. The second kappa shape index (κ2) is 10.5. The molecule has 0 aromatic heterocycles. The second-order valence-electron chi connectivity index (χ2n) is 9.36. The molecule has 1 spiro atoms. The van der Waals surface area contributed by atoms with E-state index in [1.165, 1.54) is 5.56 Å². The van der Waals surface area contributed by atoms with Gasteiger partial charge >= 0.3 is 0 Å². The van der Waals surface area contributed by atoms with Crippen LogP contribution in [0.15, 0.2) is 60.7 Å². The van der Waals surface area contributed by atoms with E-state index in [2.05, 4.69) is 48.3 Å². The predicted molar refractivity (Wildman–Crippen MR) is 129 cm³/mol. The Morgan fingerprint density at radius 3 is 1.97 bits per heavy atom. The van der Waals surface area contributed by atoms with Crippen LogP contribution in [-0.4, -0.2) is 46.3 Å². The van der Waals surface area contributed by atoms with Crippen LogP contribution in [0.5, 0.6) is 0 Å². The van der Waals surface area contributed by atoms with Crippen LogP contribution >= 0.6 is 12.4 Å². The van der Waals surface area contributed by atoms with Crippen molar-refractivity contribution in [3.05, 3.63) is 71.8 Å². The molecule has 1 N–H and O–H groups in total. The van der Waals surface area contributed by atoms with E-state index in [1.54, 1.807) is 0 Å².